The Morgan fingerprint density at radius 1 is 1.07 bits per heavy atom. The summed E-state index contributed by atoms with van der Waals surface area (Å²) in [6, 6.07) is 14.2. The zero-order valence-corrected chi connectivity index (χ0v) is 17.0. The third-order valence-electron chi connectivity index (χ3n) is 4.99. The highest BCUT2D eigenvalue weighted by Gasteiger charge is 2.27. The third-order valence-corrected chi connectivity index (χ3v) is 8.02. The molecule has 8 heteroatoms. The van der Waals surface area contributed by atoms with E-state index in [4.69, 9.17) is 4.74 Å². The first kappa shape index (κ1) is 19.4. The van der Waals surface area contributed by atoms with Crippen molar-refractivity contribution in [3.05, 3.63) is 59.7 Å². The number of hydrogen-bond donors (Lipinski definition) is 1. The van der Waals surface area contributed by atoms with Gasteiger partial charge >= 0.3 is 0 Å². The first-order valence-corrected chi connectivity index (χ1v) is 11.7. The molecule has 2 heterocycles. The Hall–Kier alpha value is -1.87. The molecule has 2 aromatic carbocycles. The van der Waals surface area contributed by atoms with E-state index in [1.807, 2.05) is 18.2 Å². The molecule has 0 spiro atoms. The van der Waals surface area contributed by atoms with Crippen molar-refractivity contribution in [2.45, 2.75) is 22.3 Å². The molecule has 2 aromatic rings. The molecule has 1 fully saturated rings. The Kier molecular flexibility index (Phi) is 5.73. The number of sulfonamides is 1. The van der Waals surface area contributed by atoms with Gasteiger partial charge in [0.15, 0.2) is 0 Å². The number of carbonyl (C=O) groups is 1. The van der Waals surface area contributed by atoms with Crippen molar-refractivity contribution >= 4 is 27.7 Å². The molecule has 0 unspecified atom stereocenters. The van der Waals surface area contributed by atoms with E-state index >= 15 is 0 Å². The highest BCUT2D eigenvalue weighted by Crippen LogP contribution is 2.35. The average molecular weight is 419 g/mol. The number of fused-ring (bicyclic) bond motifs is 1. The predicted molar refractivity (Wildman–Crippen MR) is 108 cm³/mol. The van der Waals surface area contributed by atoms with E-state index in [9.17, 15) is 13.2 Å². The maximum absolute atomic E-state index is 12.7. The number of carbonyl (C=O) groups excluding carboxylic acids is 1. The van der Waals surface area contributed by atoms with E-state index in [0.717, 1.165) is 17.7 Å². The van der Waals surface area contributed by atoms with Crippen LogP contribution >= 0.6 is 11.8 Å². The van der Waals surface area contributed by atoms with Gasteiger partial charge < -0.3 is 10.1 Å². The second-order valence-corrected chi connectivity index (χ2v) is 9.82. The predicted octanol–water partition coefficient (Wildman–Crippen LogP) is 2.67. The van der Waals surface area contributed by atoms with Crippen molar-refractivity contribution in [2.24, 2.45) is 0 Å². The van der Waals surface area contributed by atoms with Gasteiger partial charge in [0.2, 0.25) is 10.0 Å². The lowest BCUT2D eigenvalue weighted by Gasteiger charge is -2.26. The number of ether oxygens (including phenoxy) is 1. The van der Waals surface area contributed by atoms with Crippen LogP contribution in [0, 0.1) is 0 Å². The van der Waals surface area contributed by atoms with Crippen molar-refractivity contribution in [2.75, 3.05) is 32.1 Å². The minimum atomic E-state index is -3.55. The average Bonchev–Trinajstić information content (AvgIpc) is 2.75. The van der Waals surface area contributed by atoms with Gasteiger partial charge in [-0.25, -0.2) is 8.42 Å². The van der Waals surface area contributed by atoms with Gasteiger partial charge in [0.25, 0.3) is 5.91 Å². The fraction of sp³-hybridized carbons (Fsp3) is 0.350. The molecule has 2 aliphatic heterocycles. The second kappa shape index (κ2) is 8.24. The molecule has 0 bridgehead atoms. The van der Waals surface area contributed by atoms with Gasteiger partial charge in [-0.2, -0.15) is 4.31 Å². The van der Waals surface area contributed by atoms with Gasteiger partial charge in [0.05, 0.1) is 24.2 Å². The van der Waals surface area contributed by atoms with Crippen LogP contribution in [-0.4, -0.2) is 50.7 Å². The van der Waals surface area contributed by atoms with Crippen LogP contribution in [-0.2, 0) is 14.8 Å². The zero-order valence-electron chi connectivity index (χ0n) is 15.3. The second-order valence-electron chi connectivity index (χ2n) is 6.74. The van der Waals surface area contributed by atoms with E-state index in [1.165, 1.54) is 21.3 Å². The van der Waals surface area contributed by atoms with Crippen LogP contribution in [0.2, 0.25) is 0 Å². The molecule has 1 saturated heterocycles. The molecular formula is C20H22N2O4S2. The van der Waals surface area contributed by atoms with Gasteiger partial charge in [0, 0.05) is 29.3 Å². The molecule has 148 valence electrons. The number of hydrogen-bond acceptors (Lipinski definition) is 5. The first-order chi connectivity index (χ1) is 13.6. The minimum Gasteiger partial charge on any atom is -0.379 e. The molecule has 1 amide bonds. The number of benzene rings is 2. The number of amides is 1. The zero-order chi connectivity index (χ0) is 19.6. The van der Waals surface area contributed by atoms with E-state index in [2.05, 4.69) is 11.4 Å². The van der Waals surface area contributed by atoms with Crippen LogP contribution in [0.5, 0.6) is 0 Å². The molecular weight excluding hydrogens is 396 g/mol. The van der Waals surface area contributed by atoms with Crippen molar-refractivity contribution < 1.29 is 17.9 Å². The number of morpholine rings is 1. The molecule has 0 aliphatic carbocycles. The summed E-state index contributed by atoms with van der Waals surface area (Å²) in [6.07, 6.45) is 0.872. The molecule has 1 atom stereocenters. The summed E-state index contributed by atoms with van der Waals surface area (Å²) in [5.74, 6) is 0.764. The molecule has 0 saturated carbocycles. The third kappa shape index (κ3) is 3.96. The highest BCUT2D eigenvalue weighted by atomic mass is 32.2. The lowest BCUT2D eigenvalue weighted by atomic mass is 10.0. The summed E-state index contributed by atoms with van der Waals surface area (Å²) in [5.41, 5.74) is 1.59. The highest BCUT2D eigenvalue weighted by molar-refractivity contribution is 7.99. The molecule has 1 N–H and O–H groups in total. The van der Waals surface area contributed by atoms with E-state index < -0.39 is 10.0 Å². The summed E-state index contributed by atoms with van der Waals surface area (Å²) in [4.78, 5) is 14.1. The van der Waals surface area contributed by atoms with Crippen molar-refractivity contribution in [3.63, 3.8) is 0 Å². The van der Waals surface area contributed by atoms with E-state index in [0.29, 0.717) is 31.9 Å². The van der Waals surface area contributed by atoms with Crippen molar-refractivity contribution in [1.82, 2.24) is 9.62 Å². The van der Waals surface area contributed by atoms with Crippen LogP contribution in [0.25, 0.3) is 0 Å². The first-order valence-electron chi connectivity index (χ1n) is 9.26. The summed E-state index contributed by atoms with van der Waals surface area (Å²) >= 11 is 1.80. The van der Waals surface area contributed by atoms with E-state index in [1.54, 1.807) is 23.9 Å². The minimum absolute atomic E-state index is 0.0262. The SMILES string of the molecule is O=C(N[C@@H]1CCSc2ccccc21)c1ccc(S(=O)(=O)N2CCOCC2)cc1. The topological polar surface area (TPSA) is 75.7 Å². The lowest BCUT2D eigenvalue weighted by molar-refractivity contribution is 0.0730. The van der Waals surface area contributed by atoms with Crippen LogP contribution < -0.4 is 5.32 Å². The monoisotopic (exact) mass is 418 g/mol. The van der Waals surface area contributed by atoms with Crippen LogP contribution in [0.3, 0.4) is 0 Å². The quantitative estimate of drug-likeness (QED) is 0.826. The Balaban J connectivity index is 1.48. The lowest BCUT2D eigenvalue weighted by Crippen LogP contribution is -2.40. The Labute approximate surface area is 169 Å². The Morgan fingerprint density at radius 3 is 2.54 bits per heavy atom. The maximum Gasteiger partial charge on any atom is 0.251 e. The number of nitrogens with one attached hydrogen (secondary N) is 1. The standard InChI is InChI=1S/C20H22N2O4S2/c23-20(21-18-9-14-27-19-4-2-1-3-17(18)19)15-5-7-16(8-6-15)28(24,25)22-10-12-26-13-11-22/h1-8,18H,9-14H2,(H,21,23)/t18-/m1/s1. The van der Waals surface area contributed by atoms with E-state index in [-0.39, 0.29) is 16.8 Å². The van der Waals surface area contributed by atoms with Crippen molar-refractivity contribution in [3.8, 4) is 0 Å². The molecule has 28 heavy (non-hydrogen) atoms. The number of rotatable bonds is 4. The summed E-state index contributed by atoms with van der Waals surface area (Å²) in [7, 11) is -3.55. The van der Waals surface area contributed by atoms with Gasteiger partial charge in [-0.05, 0) is 42.3 Å². The van der Waals surface area contributed by atoms with Gasteiger partial charge in [-0.3, -0.25) is 4.79 Å². The maximum atomic E-state index is 12.7. The molecule has 0 radical (unpaired) electrons. The van der Waals surface area contributed by atoms with Crippen LogP contribution in [0.15, 0.2) is 58.3 Å². The van der Waals surface area contributed by atoms with Gasteiger partial charge in [-0.15, -0.1) is 11.8 Å². The van der Waals surface area contributed by atoms with Crippen LogP contribution in [0.1, 0.15) is 28.4 Å². The summed E-state index contributed by atoms with van der Waals surface area (Å²) < 4.78 is 32.0. The fourth-order valence-electron chi connectivity index (χ4n) is 3.45. The summed E-state index contributed by atoms with van der Waals surface area (Å²) in [6.45, 7) is 1.51. The number of nitrogens with zero attached hydrogens (tertiary/aromatic N) is 1. The van der Waals surface area contributed by atoms with Crippen LogP contribution in [0.4, 0.5) is 0 Å². The van der Waals surface area contributed by atoms with Crippen molar-refractivity contribution in [1.29, 1.82) is 0 Å². The Bertz CT molecular complexity index is 954. The Morgan fingerprint density at radius 2 is 1.79 bits per heavy atom. The number of thioether (sulfide) groups is 1. The normalized spacial score (nSPS) is 20.4. The molecule has 0 aromatic heterocycles. The fourth-order valence-corrected chi connectivity index (χ4v) is 5.98. The van der Waals surface area contributed by atoms with Gasteiger partial charge in [-0.1, -0.05) is 18.2 Å². The summed E-state index contributed by atoms with van der Waals surface area (Å²) in [5, 5.41) is 3.08. The smallest absolute Gasteiger partial charge is 0.251 e. The molecule has 6 nitrogen and oxygen atoms in total. The largest absolute Gasteiger partial charge is 0.379 e. The molecule has 2 aliphatic rings. The van der Waals surface area contributed by atoms with Gasteiger partial charge in [0.1, 0.15) is 0 Å². The molecule has 4 rings (SSSR count).